The summed E-state index contributed by atoms with van der Waals surface area (Å²) < 4.78 is 5.67. The maximum absolute atomic E-state index is 12.6. The number of nitrogens with one attached hydrogen (secondary N) is 1. The Morgan fingerprint density at radius 1 is 1.30 bits per heavy atom. The molecule has 0 saturated heterocycles. The Hall–Kier alpha value is -2.04. The van der Waals surface area contributed by atoms with Crippen LogP contribution in [0.1, 0.15) is 25.8 Å². The molecule has 0 unspecified atom stereocenters. The Balaban J connectivity index is 2.03. The number of carbonyl (C=O) groups excluding carboxylic acids is 2. The zero-order valence-corrected chi connectivity index (χ0v) is 14.3. The smallest absolute Gasteiger partial charge is 0.244 e. The number of para-hydroxylation sites is 1. The van der Waals surface area contributed by atoms with Gasteiger partial charge in [-0.15, -0.1) is 0 Å². The summed E-state index contributed by atoms with van der Waals surface area (Å²) in [6.45, 7) is 4.44. The molecule has 1 aromatic rings. The van der Waals surface area contributed by atoms with Gasteiger partial charge in [0.25, 0.3) is 0 Å². The summed E-state index contributed by atoms with van der Waals surface area (Å²) in [5.74, 6) is 0.742. The van der Waals surface area contributed by atoms with Crippen molar-refractivity contribution in [3.05, 3.63) is 29.8 Å². The predicted octanol–water partition coefficient (Wildman–Crippen LogP) is 1.86. The maximum Gasteiger partial charge on any atom is 0.244 e. The largest absolute Gasteiger partial charge is 0.492 e. The number of benzene rings is 1. The third-order valence-electron chi connectivity index (χ3n) is 4.01. The minimum absolute atomic E-state index is 0.0656. The molecule has 5 heteroatoms. The van der Waals surface area contributed by atoms with Crippen LogP contribution in [0.25, 0.3) is 0 Å². The minimum atomic E-state index is -0.477. The molecule has 1 aliphatic heterocycles. The van der Waals surface area contributed by atoms with Gasteiger partial charge in [-0.2, -0.15) is 0 Å². The fourth-order valence-corrected chi connectivity index (χ4v) is 2.79. The van der Waals surface area contributed by atoms with Crippen LogP contribution in [0.4, 0.5) is 0 Å². The molecule has 0 fully saturated rings. The fourth-order valence-electron chi connectivity index (χ4n) is 2.79. The first-order chi connectivity index (χ1) is 10.9. The molecule has 1 N–H and O–H groups in total. The average molecular weight is 318 g/mol. The Morgan fingerprint density at radius 3 is 2.65 bits per heavy atom. The number of carbonyl (C=O) groups is 2. The molecule has 23 heavy (non-hydrogen) atoms. The molecule has 126 valence electrons. The van der Waals surface area contributed by atoms with Crippen molar-refractivity contribution in [3.63, 3.8) is 0 Å². The second-order valence-corrected chi connectivity index (χ2v) is 6.74. The third-order valence-corrected chi connectivity index (χ3v) is 4.01. The summed E-state index contributed by atoms with van der Waals surface area (Å²) in [6.07, 6.45) is 1.28. The van der Waals surface area contributed by atoms with E-state index in [1.165, 1.54) is 4.90 Å². The summed E-state index contributed by atoms with van der Waals surface area (Å²) in [6, 6.07) is 7.29. The first-order valence-electron chi connectivity index (χ1n) is 8.10. The Labute approximate surface area is 138 Å². The number of rotatable bonds is 5. The molecule has 2 amide bonds. The van der Waals surface area contributed by atoms with Crippen molar-refractivity contribution >= 4 is 11.8 Å². The van der Waals surface area contributed by atoms with E-state index in [-0.39, 0.29) is 17.7 Å². The van der Waals surface area contributed by atoms with Crippen molar-refractivity contribution in [1.82, 2.24) is 10.2 Å². The fraction of sp³-hybridized carbons (Fsp3) is 0.556. The third kappa shape index (κ3) is 4.47. The molecule has 0 saturated carbocycles. The lowest BCUT2D eigenvalue weighted by Crippen LogP contribution is -2.50. The van der Waals surface area contributed by atoms with Crippen LogP contribution >= 0.6 is 0 Å². The lowest BCUT2D eigenvalue weighted by atomic mass is 9.95. The van der Waals surface area contributed by atoms with Gasteiger partial charge in [0.15, 0.2) is 0 Å². The first-order valence-corrected chi connectivity index (χ1v) is 8.10. The topological polar surface area (TPSA) is 58.6 Å². The molecule has 2 rings (SSSR count). The lowest BCUT2D eigenvalue weighted by molar-refractivity contribution is -0.136. The van der Waals surface area contributed by atoms with Crippen LogP contribution in [0.3, 0.4) is 0 Å². The number of ether oxygens (including phenoxy) is 1. The summed E-state index contributed by atoms with van der Waals surface area (Å²) in [7, 11) is 3.42. The Bertz CT molecular complexity index is 569. The summed E-state index contributed by atoms with van der Waals surface area (Å²) in [4.78, 5) is 26.4. The van der Waals surface area contributed by atoms with E-state index in [2.05, 4.69) is 5.32 Å². The van der Waals surface area contributed by atoms with Gasteiger partial charge in [0, 0.05) is 14.1 Å². The van der Waals surface area contributed by atoms with Gasteiger partial charge in [-0.25, -0.2) is 0 Å². The summed E-state index contributed by atoms with van der Waals surface area (Å²) in [5, 5.41) is 2.92. The van der Waals surface area contributed by atoms with Gasteiger partial charge in [-0.1, -0.05) is 32.0 Å². The first kappa shape index (κ1) is 17.3. The van der Waals surface area contributed by atoms with E-state index in [1.807, 2.05) is 38.1 Å². The average Bonchev–Trinajstić information content (AvgIpc) is 2.52. The van der Waals surface area contributed by atoms with Gasteiger partial charge in [0.1, 0.15) is 18.4 Å². The van der Waals surface area contributed by atoms with Crippen LogP contribution < -0.4 is 10.1 Å². The molecule has 1 aliphatic rings. The van der Waals surface area contributed by atoms with E-state index in [0.717, 1.165) is 11.3 Å². The van der Waals surface area contributed by atoms with Crippen molar-refractivity contribution in [2.45, 2.75) is 32.7 Å². The number of nitrogens with zero attached hydrogens (tertiary/aromatic N) is 1. The quantitative estimate of drug-likeness (QED) is 0.901. The summed E-state index contributed by atoms with van der Waals surface area (Å²) >= 11 is 0. The van der Waals surface area contributed by atoms with E-state index in [4.69, 9.17) is 4.74 Å². The highest BCUT2D eigenvalue weighted by Gasteiger charge is 2.30. The SMILES string of the molecule is CC(C)C[C@@H](NC(=O)[C@@H]1COc2ccccc2C1)C(=O)N(C)C. The van der Waals surface area contributed by atoms with Gasteiger partial charge < -0.3 is 15.0 Å². The molecular weight excluding hydrogens is 292 g/mol. The van der Waals surface area contributed by atoms with Gasteiger partial charge >= 0.3 is 0 Å². The molecule has 0 bridgehead atoms. The Kier molecular flexibility index (Phi) is 5.64. The Morgan fingerprint density at radius 2 is 2.00 bits per heavy atom. The maximum atomic E-state index is 12.6. The zero-order valence-electron chi connectivity index (χ0n) is 14.3. The number of fused-ring (bicyclic) bond motifs is 1. The van der Waals surface area contributed by atoms with Crippen LogP contribution in [0.2, 0.25) is 0 Å². The number of hydrogen-bond donors (Lipinski definition) is 1. The second-order valence-electron chi connectivity index (χ2n) is 6.74. The van der Waals surface area contributed by atoms with Crippen LogP contribution in [0.15, 0.2) is 24.3 Å². The predicted molar refractivity (Wildman–Crippen MR) is 89.2 cm³/mol. The van der Waals surface area contributed by atoms with E-state index in [1.54, 1.807) is 14.1 Å². The van der Waals surface area contributed by atoms with Gasteiger partial charge in [0.2, 0.25) is 11.8 Å². The van der Waals surface area contributed by atoms with Gasteiger partial charge in [-0.3, -0.25) is 9.59 Å². The van der Waals surface area contributed by atoms with Crippen molar-refractivity contribution in [2.24, 2.45) is 11.8 Å². The van der Waals surface area contributed by atoms with Crippen molar-refractivity contribution in [2.75, 3.05) is 20.7 Å². The highest BCUT2D eigenvalue weighted by Crippen LogP contribution is 2.27. The van der Waals surface area contributed by atoms with E-state index < -0.39 is 6.04 Å². The van der Waals surface area contributed by atoms with E-state index in [9.17, 15) is 9.59 Å². The molecule has 2 atom stereocenters. The molecule has 5 nitrogen and oxygen atoms in total. The monoisotopic (exact) mass is 318 g/mol. The van der Waals surface area contributed by atoms with Crippen molar-refractivity contribution in [1.29, 1.82) is 0 Å². The molecule has 0 aliphatic carbocycles. The number of likely N-dealkylation sites (N-methyl/N-ethyl adjacent to an activating group) is 1. The number of amides is 2. The van der Waals surface area contributed by atoms with Crippen LogP contribution in [0.5, 0.6) is 5.75 Å². The van der Waals surface area contributed by atoms with Crippen molar-refractivity contribution in [3.8, 4) is 5.75 Å². The standard InChI is InChI=1S/C18H26N2O3/c1-12(2)9-15(18(22)20(3)4)19-17(21)14-10-13-7-5-6-8-16(13)23-11-14/h5-8,12,14-15H,9-11H2,1-4H3,(H,19,21)/t14-,15+/m0/s1. The van der Waals surface area contributed by atoms with Crippen LogP contribution in [-0.2, 0) is 16.0 Å². The summed E-state index contributed by atoms with van der Waals surface area (Å²) in [5.41, 5.74) is 1.04. The highest BCUT2D eigenvalue weighted by molar-refractivity contribution is 5.88. The van der Waals surface area contributed by atoms with E-state index >= 15 is 0 Å². The van der Waals surface area contributed by atoms with Crippen molar-refractivity contribution < 1.29 is 14.3 Å². The molecule has 0 radical (unpaired) electrons. The van der Waals surface area contributed by atoms with Gasteiger partial charge in [-0.05, 0) is 30.4 Å². The molecule has 0 aromatic heterocycles. The highest BCUT2D eigenvalue weighted by atomic mass is 16.5. The normalized spacial score (nSPS) is 17.9. The zero-order chi connectivity index (χ0) is 17.0. The molecule has 1 heterocycles. The molecule has 1 aromatic carbocycles. The lowest BCUT2D eigenvalue weighted by Gasteiger charge is -2.28. The molecule has 0 spiro atoms. The van der Waals surface area contributed by atoms with Crippen LogP contribution in [-0.4, -0.2) is 43.5 Å². The van der Waals surface area contributed by atoms with Gasteiger partial charge in [0.05, 0.1) is 5.92 Å². The molecular formula is C18H26N2O3. The minimum Gasteiger partial charge on any atom is -0.492 e. The van der Waals surface area contributed by atoms with Crippen LogP contribution in [0, 0.1) is 11.8 Å². The van der Waals surface area contributed by atoms with E-state index in [0.29, 0.717) is 25.4 Å². The number of hydrogen-bond acceptors (Lipinski definition) is 3. The second kappa shape index (κ2) is 7.49.